The van der Waals surface area contributed by atoms with Crippen molar-refractivity contribution in [3.8, 4) is 0 Å². The fourth-order valence-corrected chi connectivity index (χ4v) is 5.74. The molecule has 5 heterocycles. The third-order valence-corrected chi connectivity index (χ3v) is 7.62. The van der Waals surface area contributed by atoms with Crippen LogP contribution in [0.4, 0.5) is 30.8 Å². The van der Waals surface area contributed by atoms with Crippen LogP contribution in [0.25, 0.3) is 5.52 Å². The zero-order valence-electron chi connectivity index (χ0n) is 20.5. The van der Waals surface area contributed by atoms with Gasteiger partial charge in [0, 0.05) is 43.4 Å². The van der Waals surface area contributed by atoms with E-state index in [1.54, 1.807) is 4.52 Å². The van der Waals surface area contributed by atoms with Crippen LogP contribution in [0.1, 0.15) is 56.6 Å². The van der Waals surface area contributed by atoms with Crippen molar-refractivity contribution >= 4 is 28.9 Å². The molecule has 1 saturated carbocycles. The summed E-state index contributed by atoms with van der Waals surface area (Å²) in [5.74, 6) is 2.31. The second kappa shape index (κ2) is 9.62. The summed E-state index contributed by atoms with van der Waals surface area (Å²) in [5.41, 5.74) is 1.92. The number of fused-ring (bicyclic) bond motifs is 1. The number of hydrogen-bond donors (Lipinski definition) is 2. The molecule has 1 unspecified atom stereocenters. The molecule has 3 aromatic rings. The lowest BCUT2D eigenvalue weighted by Gasteiger charge is -2.33. The first kappa shape index (κ1) is 24.2. The summed E-state index contributed by atoms with van der Waals surface area (Å²) in [4.78, 5) is 21.5. The molecule has 198 valence electrons. The van der Waals surface area contributed by atoms with E-state index in [2.05, 4.69) is 20.6 Å². The average molecular weight is 517 g/mol. The Morgan fingerprint density at radius 1 is 1.16 bits per heavy atom. The Kier molecular flexibility index (Phi) is 6.29. The zero-order chi connectivity index (χ0) is 25.6. The molecule has 3 fully saturated rings. The summed E-state index contributed by atoms with van der Waals surface area (Å²) >= 11 is 0. The van der Waals surface area contributed by atoms with Crippen LogP contribution in [-0.2, 0) is 4.79 Å². The molecule has 37 heavy (non-hydrogen) atoms. The molecule has 2 saturated heterocycles. The minimum Gasteiger partial charge on any atom is -0.329 e. The maximum atomic E-state index is 13.4. The molecule has 2 aliphatic heterocycles. The summed E-state index contributed by atoms with van der Waals surface area (Å²) in [5, 5.41) is 15.5. The number of aromatic nitrogens is 5. The lowest BCUT2D eigenvalue weighted by Crippen LogP contribution is -2.43. The number of carbonyl (C=O) groups is 1. The quantitative estimate of drug-likeness (QED) is 0.462. The number of alkyl halides is 3. The summed E-state index contributed by atoms with van der Waals surface area (Å²) in [6.45, 7) is 0.483. The predicted octanol–water partition coefficient (Wildman–Crippen LogP) is 4.28. The number of halogens is 3. The van der Waals surface area contributed by atoms with Gasteiger partial charge in [-0.05, 0) is 63.1 Å². The van der Waals surface area contributed by atoms with Gasteiger partial charge in [0.1, 0.15) is 5.52 Å². The van der Waals surface area contributed by atoms with Gasteiger partial charge < -0.3 is 10.2 Å². The smallest absolute Gasteiger partial charge is 0.329 e. The van der Waals surface area contributed by atoms with Gasteiger partial charge in [0.25, 0.3) is 0 Å². The Morgan fingerprint density at radius 3 is 2.81 bits per heavy atom. The molecule has 9 nitrogen and oxygen atoms in total. The number of anilines is 3. The predicted molar refractivity (Wildman–Crippen MR) is 132 cm³/mol. The summed E-state index contributed by atoms with van der Waals surface area (Å²) in [6.07, 6.45) is 3.24. The third kappa shape index (κ3) is 5.43. The number of rotatable bonds is 8. The molecule has 1 aliphatic carbocycles. The first-order valence-electron chi connectivity index (χ1n) is 13.1. The zero-order valence-corrected chi connectivity index (χ0v) is 20.5. The van der Waals surface area contributed by atoms with Gasteiger partial charge in [-0.25, -0.2) is 4.52 Å². The van der Waals surface area contributed by atoms with Crippen molar-refractivity contribution in [3.63, 3.8) is 0 Å². The lowest BCUT2D eigenvalue weighted by atomic mass is 9.90. The van der Waals surface area contributed by atoms with Crippen LogP contribution >= 0.6 is 0 Å². The standard InChI is InChI=1S/C25H31F3N8O/c26-25(27,28)15-34-9-1-4-16(14-34)12-21(37)19-5-2-10-35(19)24-30-23(20-6-3-11-36(20)33-24)29-22-13-18(31-32-22)17-7-8-17/h3,6,11,13,16-17,19H,1-2,4-5,7-10,12,14-15H2,(H2,29,30,31,32,33)/t16?,19-/m0/s1. The number of hydrogen-bond acceptors (Lipinski definition) is 7. The highest BCUT2D eigenvalue weighted by Gasteiger charge is 2.37. The Hall–Kier alpha value is -3.15. The fraction of sp³-hybridized carbons (Fsp3) is 0.600. The van der Waals surface area contributed by atoms with Crippen LogP contribution in [0.15, 0.2) is 24.4 Å². The van der Waals surface area contributed by atoms with Crippen molar-refractivity contribution in [1.82, 2.24) is 29.7 Å². The molecular weight excluding hydrogens is 485 g/mol. The number of piperidine rings is 1. The number of H-pyrrole nitrogens is 1. The van der Waals surface area contributed by atoms with Crippen LogP contribution in [-0.4, -0.2) is 73.9 Å². The number of carbonyl (C=O) groups excluding carboxylic acids is 1. The number of likely N-dealkylation sites (tertiary alicyclic amines) is 1. The molecular formula is C25H31F3N8O. The number of nitrogens with zero attached hydrogens (tertiary/aromatic N) is 6. The SMILES string of the molecule is O=C(CC1CCCN(CC(F)(F)F)C1)[C@@H]1CCCN1c1nc(Nc2cc(C3CC3)[nH]n2)c2cccn2n1. The van der Waals surface area contributed by atoms with E-state index in [1.807, 2.05) is 29.3 Å². The first-order chi connectivity index (χ1) is 17.8. The van der Waals surface area contributed by atoms with Crippen molar-refractivity contribution in [3.05, 3.63) is 30.1 Å². The minimum absolute atomic E-state index is 0.0587. The van der Waals surface area contributed by atoms with Crippen molar-refractivity contribution < 1.29 is 18.0 Å². The summed E-state index contributed by atoms with van der Waals surface area (Å²) in [6, 6.07) is 5.45. The van der Waals surface area contributed by atoms with E-state index in [1.165, 1.54) is 17.7 Å². The second-order valence-electron chi connectivity index (χ2n) is 10.6. The van der Waals surface area contributed by atoms with E-state index in [9.17, 15) is 18.0 Å². The van der Waals surface area contributed by atoms with Gasteiger partial charge in [-0.3, -0.25) is 14.8 Å². The van der Waals surface area contributed by atoms with Crippen LogP contribution in [0.2, 0.25) is 0 Å². The molecule has 0 aromatic carbocycles. The fourth-order valence-electron chi connectivity index (χ4n) is 5.74. The largest absolute Gasteiger partial charge is 0.401 e. The van der Waals surface area contributed by atoms with Crippen molar-refractivity contribution in [1.29, 1.82) is 0 Å². The van der Waals surface area contributed by atoms with E-state index in [-0.39, 0.29) is 24.2 Å². The van der Waals surface area contributed by atoms with Gasteiger partial charge in [0.15, 0.2) is 17.4 Å². The minimum atomic E-state index is -4.22. The molecule has 0 amide bonds. The maximum absolute atomic E-state index is 13.4. The van der Waals surface area contributed by atoms with Crippen molar-refractivity contribution in [2.45, 2.75) is 63.1 Å². The van der Waals surface area contributed by atoms with E-state index >= 15 is 0 Å². The molecule has 6 rings (SSSR count). The molecule has 2 atom stereocenters. The van der Waals surface area contributed by atoms with E-state index < -0.39 is 12.7 Å². The highest BCUT2D eigenvalue weighted by Crippen LogP contribution is 2.40. The van der Waals surface area contributed by atoms with Crippen molar-refractivity contribution in [2.75, 3.05) is 36.4 Å². The van der Waals surface area contributed by atoms with Gasteiger partial charge in [0.05, 0.1) is 12.6 Å². The molecule has 0 bridgehead atoms. The highest BCUT2D eigenvalue weighted by atomic mass is 19.4. The summed E-state index contributed by atoms with van der Waals surface area (Å²) < 4.78 is 40.4. The number of Topliss-reactive ketones (excluding diaryl/α,β-unsaturated/α-hetero) is 1. The lowest BCUT2D eigenvalue weighted by molar-refractivity contribution is -0.149. The molecule has 0 spiro atoms. The van der Waals surface area contributed by atoms with Crippen molar-refractivity contribution in [2.24, 2.45) is 5.92 Å². The van der Waals surface area contributed by atoms with Gasteiger partial charge in [0.2, 0.25) is 5.95 Å². The maximum Gasteiger partial charge on any atom is 0.401 e. The highest BCUT2D eigenvalue weighted by molar-refractivity contribution is 5.87. The number of ketones is 1. The normalized spacial score (nSPS) is 23.2. The van der Waals surface area contributed by atoms with Gasteiger partial charge in [-0.1, -0.05) is 0 Å². The average Bonchev–Trinajstić information content (AvgIpc) is 3.23. The van der Waals surface area contributed by atoms with Crippen LogP contribution in [0, 0.1) is 5.92 Å². The third-order valence-electron chi connectivity index (χ3n) is 7.62. The van der Waals surface area contributed by atoms with Crippen LogP contribution < -0.4 is 10.2 Å². The monoisotopic (exact) mass is 516 g/mol. The van der Waals surface area contributed by atoms with Gasteiger partial charge >= 0.3 is 6.18 Å². The van der Waals surface area contributed by atoms with Crippen LogP contribution in [0.3, 0.4) is 0 Å². The molecule has 3 aromatic heterocycles. The topological polar surface area (TPSA) is 94.5 Å². The van der Waals surface area contributed by atoms with Gasteiger partial charge in [-0.2, -0.15) is 23.3 Å². The molecule has 2 N–H and O–H groups in total. The first-order valence-corrected chi connectivity index (χ1v) is 13.1. The van der Waals surface area contributed by atoms with Gasteiger partial charge in [-0.15, -0.1) is 5.10 Å². The number of aromatic amines is 1. The Labute approximate surface area is 212 Å². The van der Waals surface area contributed by atoms with E-state index in [4.69, 9.17) is 4.98 Å². The Balaban J connectivity index is 1.18. The Morgan fingerprint density at radius 2 is 2.00 bits per heavy atom. The number of nitrogens with one attached hydrogen (secondary N) is 2. The molecule has 0 radical (unpaired) electrons. The van der Waals surface area contributed by atoms with E-state index in [0.29, 0.717) is 56.0 Å². The van der Waals surface area contributed by atoms with Crippen LogP contribution in [0.5, 0.6) is 0 Å². The second-order valence-corrected chi connectivity index (χ2v) is 10.6. The molecule has 3 aliphatic rings. The Bertz CT molecular complexity index is 1270. The molecule has 12 heteroatoms. The van der Waals surface area contributed by atoms with E-state index in [0.717, 1.165) is 24.1 Å². The summed E-state index contributed by atoms with van der Waals surface area (Å²) in [7, 11) is 0.